The number of hydrogen-bond donors (Lipinski definition) is 0. The van der Waals surface area contributed by atoms with Gasteiger partial charge in [-0.1, -0.05) is 6.42 Å². The summed E-state index contributed by atoms with van der Waals surface area (Å²) in [7, 11) is 5.79. The van der Waals surface area contributed by atoms with Gasteiger partial charge in [-0.3, -0.25) is 4.79 Å². The van der Waals surface area contributed by atoms with Crippen molar-refractivity contribution in [2.45, 2.75) is 25.3 Å². The van der Waals surface area contributed by atoms with Gasteiger partial charge in [0.05, 0.1) is 7.11 Å². The molecule has 3 rings (SSSR count). The highest BCUT2D eigenvalue weighted by Crippen LogP contribution is 2.25. The number of likely N-dealkylation sites (tertiary alicyclic amines) is 1. The number of methoxy groups -OCH3 is 1. The van der Waals surface area contributed by atoms with Crippen molar-refractivity contribution in [3.8, 4) is 17.1 Å². The zero-order valence-corrected chi connectivity index (χ0v) is 15.2. The van der Waals surface area contributed by atoms with Crippen LogP contribution in [0, 0.1) is 0 Å². The summed E-state index contributed by atoms with van der Waals surface area (Å²) in [5, 5.41) is 0. The molecule has 0 bridgehead atoms. The van der Waals surface area contributed by atoms with E-state index in [1.807, 2.05) is 35.2 Å². The fourth-order valence-electron chi connectivity index (χ4n) is 3.24. The second-order valence-electron chi connectivity index (χ2n) is 6.76. The Morgan fingerprint density at radius 3 is 2.60 bits per heavy atom. The van der Waals surface area contributed by atoms with Crippen LogP contribution in [0.4, 0.5) is 0 Å². The number of furan rings is 1. The van der Waals surface area contributed by atoms with E-state index in [-0.39, 0.29) is 5.91 Å². The van der Waals surface area contributed by atoms with Crippen molar-refractivity contribution in [1.82, 2.24) is 9.80 Å². The zero-order valence-electron chi connectivity index (χ0n) is 15.2. The van der Waals surface area contributed by atoms with Gasteiger partial charge in [0.25, 0.3) is 5.91 Å². The topological polar surface area (TPSA) is 45.9 Å². The number of hydrogen-bond acceptors (Lipinski definition) is 4. The molecule has 1 saturated heterocycles. The monoisotopic (exact) mass is 342 g/mol. The maximum Gasteiger partial charge on any atom is 0.289 e. The van der Waals surface area contributed by atoms with E-state index in [1.54, 1.807) is 13.2 Å². The highest BCUT2D eigenvalue weighted by atomic mass is 16.5. The van der Waals surface area contributed by atoms with Crippen molar-refractivity contribution in [1.29, 1.82) is 0 Å². The van der Waals surface area contributed by atoms with E-state index in [1.165, 1.54) is 0 Å². The number of ether oxygens (including phenoxy) is 1. The third kappa shape index (κ3) is 4.04. The SMILES string of the molecule is COc1ccc(-c2ccc(C(=O)N3CCCC[C@H](N(C)C)C3)o2)cc1. The molecule has 2 heterocycles. The lowest BCUT2D eigenvalue weighted by molar-refractivity contribution is 0.0694. The lowest BCUT2D eigenvalue weighted by atomic mass is 10.1. The molecule has 0 saturated carbocycles. The number of nitrogens with zero attached hydrogens (tertiary/aromatic N) is 2. The minimum atomic E-state index is -0.0199. The van der Waals surface area contributed by atoms with E-state index in [9.17, 15) is 4.79 Å². The van der Waals surface area contributed by atoms with E-state index >= 15 is 0 Å². The molecule has 1 aromatic carbocycles. The zero-order chi connectivity index (χ0) is 17.8. The molecular formula is C20H26N2O3. The molecule has 0 spiro atoms. The van der Waals surface area contributed by atoms with Crippen LogP contribution in [-0.2, 0) is 0 Å². The second-order valence-corrected chi connectivity index (χ2v) is 6.76. The molecule has 1 fully saturated rings. The number of likely N-dealkylation sites (N-methyl/N-ethyl adjacent to an activating group) is 1. The van der Waals surface area contributed by atoms with Crippen molar-refractivity contribution >= 4 is 5.91 Å². The Labute approximate surface area is 149 Å². The molecule has 134 valence electrons. The van der Waals surface area contributed by atoms with Gasteiger partial charge in [-0.15, -0.1) is 0 Å². The van der Waals surface area contributed by atoms with Crippen molar-refractivity contribution in [2.24, 2.45) is 0 Å². The van der Waals surface area contributed by atoms with Gasteiger partial charge in [-0.2, -0.15) is 0 Å². The van der Waals surface area contributed by atoms with Gasteiger partial charge in [0, 0.05) is 24.7 Å². The van der Waals surface area contributed by atoms with Crippen LogP contribution in [0.25, 0.3) is 11.3 Å². The molecule has 5 nitrogen and oxygen atoms in total. The molecule has 1 aliphatic rings. The summed E-state index contributed by atoms with van der Waals surface area (Å²) in [5.74, 6) is 1.88. The number of amides is 1. The van der Waals surface area contributed by atoms with Crippen LogP contribution in [0.15, 0.2) is 40.8 Å². The molecule has 0 radical (unpaired) electrons. The molecule has 2 aromatic rings. The first-order chi connectivity index (χ1) is 12.1. The van der Waals surface area contributed by atoms with Gasteiger partial charge >= 0.3 is 0 Å². The largest absolute Gasteiger partial charge is 0.497 e. The summed E-state index contributed by atoms with van der Waals surface area (Å²) in [6, 6.07) is 11.7. The minimum absolute atomic E-state index is 0.0199. The summed E-state index contributed by atoms with van der Waals surface area (Å²) >= 11 is 0. The maximum absolute atomic E-state index is 12.9. The summed E-state index contributed by atoms with van der Waals surface area (Å²) in [4.78, 5) is 17.0. The molecule has 1 aliphatic heterocycles. The van der Waals surface area contributed by atoms with E-state index < -0.39 is 0 Å². The fraction of sp³-hybridized carbons (Fsp3) is 0.450. The summed E-state index contributed by atoms with van der Waals surface area (Å²) < 4.78 is 11.0. The average Bonchev–Trinajstić information content (AvgIpc) is 2.98. The molecule has 0 unspecified atom stereocenters. The lowest BCUT2D eigenvalue weighted by Gasteiger charge is -2.28. The number of carbonyl (C=O) groups excluding carboxylic acids is 1. The molecule has 0 N–H and O–H groups in total. The molecule has 0 aliphatic carbocycles. The number of carbonyl (C=O) groups is 1. The molecule has 1 amide bonds. The summed E-state index contributed by atoms with van der Waals surface area (Å²) in [6.07, 6.45) is 3.33. The van der Waals surface area contributed by atoms with Crippen molar-refractivity contribution in [2.75, 3.05) is 34.3 Å². The number of benzene rings is 1. The Hall–Kier alpha value is -2.27. The van der Waals surface area contributed by atoms with E-state index in [2.05, 4.69) is 19.0 Å². The quantitative estimate of drug-likeness (QED) is 0.853. The van der Waals surface area contributed by atoms with E-state index in [0.717, 1.165) is 43.7 Å². The van der Waals surface area contributed by atoms with Crippen LogP contribution >= 0.6 is 0 Å². The van der Waals surface area contributed by atoms with Gasteiger partial charge in [-0.25, -0.2) is 0 Å². The Balaban J connectivity index is 1.75. The smallest absolute Gasteiger partial charge is 0.289 e. The van der Waals surface area contributed by atoms with Crippen molar-refractivity contribution < 1.29 is 13.9 Å². The maximum atomic E-state index is 12.9. The van der Waals surface area contributed by atoms with Gasteiger partial charge in [0.1, 0.15) is 11.5 Å². The highest BCUT2D eigenvalue weighted by molar-refractivity contribution is 5.92. The average molecular weight is 342 g/mol. The standard InChI is InChI=1S/C20H26N2O3/c1-21(2)16-6-4-5-13-22(14-16)20(23)19-12-11-18(25-19)15-7-9-17(24-3)10-8-15/h7-12,16H,4-6,13-14H2,1-3H3/t16-/m0/s1. The third-order valence-corrected chi connectivity index (χ3v) is 4.86. The van der Waals surface area contributed by atoms with E-state index in [0.29, 0.717) is 17.6 Å². The van der Waals surface area contributed by atoms with Gasteiger partial charge in [-0.05, 0) is 63.3 Å². The predicted molar refractivity (Wildman–Crippen MR) is 97.9 cm³/mol. The third-order valence-electron chi connectivity index (χ3n) is 4.86. The van der Waals surface area contributed by atoms with Crippen molar-refractivity contribution in [3.05, 3.63) is 42.2 Å². The van der Waals surface area contributed by atoms with Crippen LogP contribution in [0.3, 0.4) is 0 Å². The Kier molecular flexibility index (Phi) is 5.43. The highest BCUT2D eigenvalue weighted by Gasteiger charge is 2.25. The normalized spacial score (nSPS) is 18.2. The Morgan fingerprint density at radius 1 is 1.16 bits per heavy atom. The second kappa shape index (κ2) is 7.74. The molecule has 1 aromatic heterocycles. The predicted octanol–water partition coefficient (Wildman–Crippen LogP) is 3.51. The first kappa shape index (κ1) is 17.5. The molecule has 1 atom stereocenters. The van der Waals surface area contributed by atoms with Crippen LogP contribution in [0.5, 0.6) is 5.75 Å². The van der Waals surface area contributed by atoms with Crippen LogP contribution in [0.1, 0.15) is 29.8 Å². The van der Waals surface area contributed by atoms with Gasteiger partial charge in [0.15, 0.2) is 5.76 Å². The number of rotatable bonds is 4. The lowest BCUT2D eigenvalue weighted by Crippen LogP contribution is -2.41. The van der Waals surface area contributed by atoms with E-state index in [4.69, 9.17) is 9.15 Å². The van der Waals surface area contributed by atoms with Gasteiger partial charge < -0.3 is 19.0 Å². The van der Waals surface area contributed by atoms with Gasteiger partial charge in [0.2, 0.25) is 0 Å². The molecule has 25 heavy (non-hydrogen) atoms. The fourth-order valence-corrected chi connectivity index (χ4v) is 3.24. The first-order valence-electron chi connectivity index (χ1n) is 8.78. The Morgan fingerprint density at radius 2 is 1.92 bits per heavy atom. The molecular weight excluding hydrogens is 316 g/mol. The van der Waals surface area contributed by atoms with Crippen LogP contribution < -0.4 is 4.74 Å². The minimum Gasteiger partial charge on any atom is -0.497 e. The summed E-state index contributed by atoms with van der Waals surface area (Å²) in [5.41, 5.74) is 0.932. The van der Waals surface area contributed by atoms with Crippen LogP contribution in [0.2, 0.25) is 0 Å². The van der Waals surface area contributed by atoms with Crippen molar-refractivity contribution in [3.63, 3.8) is 0 Å². The summed E-state index contributed by atoms with van der Waals surface area (Å²) in [6.45, 7) is 1.55. The van der Waals surface area contributed by atoms with Crippen LogP contribution in [-0.4, -0.2) is 56.0 Å². The first-order valence-corrected chi connectivity index (χ1v) is 8.78. The Bertz CT molecular complexity index is 706. The molecule has 5 heteroatoms.